The second kappa shape index (κ2) is 6.74. The molecule has 2 aliphatic heterocycles. The van der Waals surface area contributed by atoms with Crippen molar-refractivity contribution in [2.24, 2.45) is 5.92 Å². The molecule has 0 unspecified atom stereocenters. The number of fused-ring (bicyclic) bond motifs is 1. The number of nitrogens with zero attached hydrogens (tertiary/aromatic N) is 2. The molecular weight excluding hydrogens is 322 g/mol. The highest BCUT2D eigenvalue weighted by molar-refractivity contribution is 5.95. The van der Waals surface area contributed by atoms with Crippen molar-refractivity contribution in [3.63, 3.8) is 0 Å². The molecule has 134 valence electrons. The Morgan fingerprint density at radius 2 is 2.00 bits per heavy atom. The summed E-state index contributed by atoms with van der Waals surface area (Å²) in [5.74, 6) is 0.413. The van der Waals surface area contributed by atoms with Gasteiger partial charge in [-0.1, -0.05) is 6.07 Å². The molecule has 3 amide bonds. The molecule has 0 saturated carbocycles. The van der Waals surface area contributed by atoms with Crippen LogP contribution in [0.15, 0.2) is 24.3 Å². The minimum atomic E-state index is -0.438. The molecule has 2 aliphatic rings. The van der Waals surface area contributed by atoms with Crippen LogP contribution in [0.25, 0.3) is 0 Å². The standard InChI is InChI=1S/C18H23N3O4/c1-11(22)21-15(17(23)19-2)8-13-9-20(10-16(13)21)18(24)12-5-4-6-14(7-12)25-3/h4-7,13,15-16H,8-10H2,1-3H3,(H,19,23)/t13-,15-,16+/m1/s1. The Morgan fingerprint density at radius 3 is 2.64 bits per heavy atom. The monoisotopic (exact) mass is 345 g/mol. The summed E-state index contributed by atoms with van der Waals surface area (Å²) in [5, 5.41) is 2.63. The van der Waals surface area contributed by atoms with E-state index >= 15 is 0 Å². The largest absolute Gasteiger partial charge is 0.497 e. The molecule has 0 aliphatic carbocycles. The topological polar surface area (TPSA) is 79.0 Å². The van der Waals surface area contributed by atoms with E-state index in [-0.39, 0.29) is 29.7 Å². The number of likely N-dealkylation sites (N-methyl/N-ethyl adjacent to an activating group) is 1. The van der Waals surface area contributed by atoms with Crippen LogP contribution in [0.3, 0.4) is 0 Å². The molecule has 3 rings (SSSR count). The van der Waals surface area contributed by atoms with Gasteiger partial charge in [0.15, 0.2) is 0 Å². The van der Waals surface area contributed by atoms with Crippen molar-refractivity contribution >= 4 is 17.7 Å². The van der Waals surface area contributed by atoms with Gasteiger partial charge in [0.25, 0.3) is 5.91 Å². The van der Waals surface area contributed by atoms with Crippen molar-refractivity contribution < 1.29 is 19.1 Å². The fourth-order valence-corrected chi connectivity index (χ4v) is 3.99. The number of ether oxygens (including phenoxy) is 1. The molecule has 0 radical (unpaired) electrons. The van der Waals surface area contributed by atoms with E-state index in [0.717, 1.165) is 0 Å². The number of hydrogen-bond donors (Lipinski definition) is 1. The lowest BCUT2D eigenvalue weighted by atomic mass is 10.0. The molecule has 0 spiro atoms. The van der Waals surface area contributed by atoms with Gasteiger partial charge in [-0.25, -0.2) is 0 Å². The third-order valence-corrected chi connectivity index (χ3v) is 5.14. The number of likely N-dealkylation sites (tertiary alicyclic amines) is 2. The number of methoxy groups -OCH3 is 1. The second-order valence-electron chi connectivity index (χ2n) is 6.56. The van der Waals surface area contributed by atoms with Gasteiger partial charge in [-0.2, -0.15) is 0 Å². The summed E-state index contributed by atoms with van der Waals surface area (Å²) in [5.41, 5.74) is 0.566. The summed E-state index contributed by atoms with van der Waals surface area (Å²) < 4.78 is 5.18. The van der Waals surface area contributed by atoms with Crippen molar-refractivity contribution in [3.8, 4) is 5.75 Å². The normalized spacial score (nSPS) is 24.8. The Balaban J connectivity index is 1.77. The molecule has 2 heterocycles. The fraction of sp³-hybridized carbons (Fsp3) is 0.500. The van der Waals surface area contributed by atoms with Gasteiger partial charge in [-0.3, -0.25) is 14.4 Å². The number of nitrogens with one attached hydrogen (secondary N) is 1. The van der Waals surface area contributed by atoms with E-state index in [1.165, 1.54) is 6.92 Å². The van der Waals surface area contributed by atoms with Gasteiger partial charge in [-0.15, -0.1) is 0 Å². The third-order valence-electron chi connectivity index (χ3n) is 5.14. The van der Waals surface area contributed by atoms with Crippen molar-refractivity contribution in [1.82, 2.24) is 15.1 Å². The lowest BCUT2D eigenvalue weighted by Crippen LogP contribution is -2.49. The molecule has 7 heteroatoms. The van der Waals surface area contributed by atoms with E-state index in [1.54, 1.807) is 48.2 Å². The smallest absolute Gasteiger partial charge is 0.254 e. The predicted molar refractivity (Wildman–Crippen MR) is 91.2 cm³/mol. The molecule has 3 atom stereocenters. The minimum Gasteiger partial charge on any atom is -0.497 e. The highest BCUT2D eigenvalue weighted by Gasteiger charge is 2.50. The number of carbonyl (C=O) groups excluding carboxylic acids is 3. The summed E-state index contributed by atoms with van der Waals surface area (Å²) in [6.45, 7) is 2.48. The molecule has 2 saturated heterocycles. The van der Waals surface area contributed by atoms with Crippen LogP contribution in [0, 0.1) is 5.92 Å². The van der Waals surface area contributed by atoms with Crippen molar-refractivity contribution in [3.05, 3.63) is 29.8 Å². The van der Waals surface area contributed by atoms with E-state index in [2.05, 4.69) is 5.32 Å². The fourth-order valence-electron chi connectivity index (χ4n) is 3.99. The van der Waals surface area contributed by atoms with E-state index in [4.69, 9.17) is 4.74 Å². The van der Waals surface area contributed by atoms with Crippen molar-refractivity contribution in [1.29, 1.82) is 0 Å². The van der Waals surface area contributed by atoms with Gasteiger partial charge >= 0.3 is 0 Å². The first-order valence-corrected chi connectivity index (χ1v) is 8.40. The Hall–Kier alpha value is -2.57. The lowest BCUT2D eigenvalue weighted by molar-refractivity contribution is -0.138. The predicted octanol–water partition coefficient (Wildman–Crippen LogP) is 0.503. The van der Waals surface area contributed by atoms with E-state index in [0.29, 0.717) is 30.8 Å². The van der Waals surface area contributed by atoms with E-state index in [1.807, 2.05) is 0 Å². The number of amides is 3. The van der Waals surface area contributed by atoms with Crippen LogP contribution >= 0.6 is 0 Å². The van der Waals surface area contributed by atoms with Crippen LogP contribution in [0.1, 0.15) is 23.7 Å². The van der Waals surface area contributed by atoms with Gasteiger partial charge in [0, 0.05) is 38.5 Å². The minimum absolute atomic E-state index is 0.0757. The van der Waals surface area contributed by atoms with Gasteiger partial charge in [-0.05, 0) is 24.6 Å². The zero-order valence-corrected chi connectivity index (χ0v) is 14.7. The van der Waals surface area contributed by atoms with E-state index < -0.39 is 6.04 Å². The molecule has 2 fully saturated rings. The SMILES string of the molecule is CNC(=O)[C@H]1C[C@@H]2CN(C(=O)c3cccc(OC)c3)C[C@@H]2N1C(C)=O. The Bertz CT molecular complexity index is 705. The summed E-state index contributed by atoms with van der Waals surface area (Å²) >= 11 is 0. The first kappa shape index (κ1) is 17.3. The van der Waals surface area contributed by atoms with Crippen LogP contribution in [0.4, 0.5) is 0 Å². The Morgan fingerprint density at radius 1 is 1.24 bits per heavy atom. The van der Waals surface area contributed by atoms with Crippen LogP contribution in [-0.2, 0) is 9.59 Å². The molecular formula is C18H23N3O4. The maximum atomic E-state index is 12.8. The van der Waals surface area contributed by atoms with Gasteiger partial charge in [0.2, 0.25) is 11.8 Å². The molecule has 1 aromatic rings. The summed E-state index contributed by atoms with van der Waals surface area (Å²) in [7, 11) is 3.14. The number of hydrogen-bond acceptors (Lipinski definition) is 4. The number of rotatable bonds is 3. The van der Waals surface area contributed by atoms with Crippen LogP contribution in [0.5, 0.6) is 5.75 Å². The molecule has 0 bridgehead atoms. The van der Waals surface area contributed by atoms with Crippen LogP contribution in [-0.4, -0.2) is 66.9 Å². The highest BCUT2D eigenvalue weighted by atomic mass is 16.5. The van der Waals surface area contributed by atoms with Crippen LogP contribution < -0.4 is 10.1 Å². The zero-order valence-electron chi connectivity index (χ0n) is 14.7. The van der Waals surface area contributed by atoms with Crippen molar-refractivity contribution in [2.75, 3.05) is 27.2 Å². The molecule has 1 N–H and O–H groups in total. The Kier molecular flexibility index (Phi) is 4.65. The zero-order chi connectivity index (χ0) is 18.1. The van der Waals surface area contributed by atoms with Gasteiger partial charge in [0.1, 0.15) is 11.8 Å². The molecule has 7 nitrogen and oxygen atoms in total. The van der Waals surface area contributed by atoms with Crippen molar-refractivity contribution in [2.45, 2.75) is 25.4 Å². The third kappa shape index (κ3) is 3.06. The van der Waals surface area contributed by atoms with Gasteiger partial charge < -0.3 is 19.9 Å². The maximum absolute atomic E-state index is 12.8. The first-order valence-electron chi connectivity index (χ1n) is 8.40. The van der Waals surface area contributed by atoms with Crippen LogP contribution in [0.2, 0.25) is 0 Å². The van der Waals surface area contributed by atoms with E-state index in [9.17, 15) is 14.4 Å². The average Bonchev–Trinajstić information content (AvgIpc) is 3.17. The first-order chi connectivity index (χ1) is 12.0. The second-order valence-corrected chi connectivity index (χ2v) is 6.56. The maximum Gasteiger partial charge on any atom is 0.254 e. The molecule has 25 heavy (non-hydrogen) atoms. The highest BCUT2D eigenvalue weighted by Crippen LogP contribution is 2.36. The quantitative estimate of drug-likeness (QED) is 0.865. The average molecular weight is 345 g/mol. The summed E-state index contributed by atoms with van der Waals surface area (Å²) in [4.78, 5) is 40.3. The summed E-state index contributed by atoms with van der Waals surface area (Å²) in [6, 6.07) is 6.51. The lowest BCUT2D eigenvalue weighted by Gasteiger charge is -2.28. The van der Waals surface area contributed by atoms with Gasteiger partial charge in [0.05, 0.1) is 13.2 Å². The number of carbonyl (C=O) groups is 3. The summed E-state index contributed by atoms with van der Waals surface area (Å²) in [6.07, 6.45) is 0.589. The molecule has 1 aromatic carbocycles. The number of benzene rings is 1. The Labute approximate surface area is 146 Å². The molecule has 0 aromatic heterocycles.